The zero-order valence-electron chi connectivity index (χ0n) is 6.07. The molecular weight excluding hydrogens is 174 g/mol. The Morgan fingerprint density at radius 3 is 3.09 bits per heavy atom. The van der Waals surface area contributed by atoms with Crippen LogP contribution in [0.5, 0.6) is 0 Å². The molecule has 1 aliphatic heterocycles. The number of fused-ring (bicyclic) bond motifs is 1. The van der Waals surface area contributed by atoms with Gasteiger partial charge in [-0.1, -0.05) is 23.9 Å². The van der Waals surface area contributed by atoms with E-state index in [4.69, 9.17) is 0 Å². The molecule has 56 valence electrons. The van der Waals surface area contributed by atoms with E-state index in [0.717, 1.165) is 0 Å². The second-order valence-electron chi connectivity index (χ2n) is 2.32. The van der Waals surface area contributed by atoms with E-state index in [2.05, 4.69) is 29.5 Å². The fourth-order valence-electron chi connectivity index (χ4n) is 1.00. The molecule has 0 bridgehead atoms. The fourth-order valence-corrected chi connectivity index (χ4v) is 2.64. The van der Waals surface area contributed by atoms with Crippen molar-refractivity contribution in [3.05, 3.63) is 23.8 Å². The maximum atomic E-state index is 4.11. The van der Waals surface area contributed by atoms with Crippen LogP contribution in [0.1, 0.15) is 5.56 Å². The number of aryl methyl sites for hydroxylation is 1. The molecule has 1 aliphatic rings. The second kappa shape index (κ2) is 2.91. The summed E-state index contributed by atoms with van der Waals surface area (Å²) >= 11 is 3.25. The first-order chi connectivity index (χ1) is 5.38. The first-order valence-electron chi connectivity index (χ1n) is 3.33. The predicted molar refractivity (Wildman–Crippen MR) is 51.4 cm³/mol. The lowest BCUT2D eigenvalue weighted by Crippen LogP contribution is -1.85. The average Bonchev–Trinajstić information content (AvgIpc) is 2.06. The number of benzene rings is 1. The number of thioether (sulfide) groups is 1. The predicted octanol–water partition coefficient (Wildman–Crippen LogP) is 3.14. The third-order valence-corrected chi connectivity index (χ3v) is 3.54. The summed E-state index contributed by atoms with van der Waals surface area (Å²) in [5.74, 6) is 0. The number of hydrogen-bond donors (Lipinski definition) is 0. The molecule has 1 aromatic rings. The summed E-state index contributed by atoms with van der Waals surface area (Å²) in [5.41, 5.74) is 3.23. The monoisotopic (exact) mass is 181 g/mol. The van der Waals surface area contributed by atoms with Crippen molar-refractivity contribution in [1.82, 2.24) is 0 Å². The summed E-state index contributed by atoms with van der Waals surface area (Å²) < 4.78 is 4.11. The summed E-state index contributed by atoms with van der Waals surface area (Å²) in [7, 11) is 0. The van der Waals surface area contributed by atoms with Gasteiger partial charge >= 0.3 is 0 Å². The standard InChI is InChI=1S/C8H7NS2/c1-6-3-2-4-7-8(6)10-5-9-11-7/h2-5H,1H3. The van der Waals surface area contributed by atoms with Gasteiger partial charge in [0.2, 0.25) is 0 Å². The van der Waals surface area contributed by atoms with Gasteiger partial charge < -0.3 is 0 Å². The number of hydrogen-bond acceptors (Lipinski definition) is 3. The third-order valence-electron chi connectivity index (χ3n) is 1.54. The van der Waals surface area contributed by atoms with Gasteiger partial charge in [0.05, 0.1) is 5.55 Å². The molecule has 0 aromatic heterocycles. The quantitative estimate of drug-likeness (QED) is 0.570. The number of nitrogens with zero attached hydrogens (tertiary/aromatic N) is 1. The van der Waals surface area contributed by atoms with E-state index >= 15 is 0 Å². The summed E-state index contributed by atoms with van der Waals surface area (Å²) in [6, 6.07) is 6.31. The maximum absolute atomic E-state index is 4.11. The van der Waals surface area contributed by atoms with Crippen molar-refractivity contribution in [1.29, 1.82) is 0 Å². The molecule has 0 radical (unpaired) electrons. The SMILES string of the molecule is Cc1cccc2c1SC=NS2. The van der Waals surface area contributed by atoms with Crippen LogP contribution in [-0.4, -0.2) is 5.55 Å². The van der Waals surface area contributed by atoms with E-state index < -0.39 is 0 Å². The molecule has 1 aromatic carbocycles. The van der Waals surface area contributed by atoms with Crippen molar-refractivity contribution < 1.29 is 0 Å². The van der Waals surface area contributed by atoms with Crippen molar-refractivity contribution in [3.8, 4) is 0 Å². The van der Waals surface area contributed by atoms with Crippen LogP contribution in [0.2, 0.25) is 0 Å². The Bertz CT molecular complexity index is 307. The molecule has 0 aliphatic carbocycles. The lowest BCUT2D eigenvalue weighted by atomic mass is 10.2. The van der Waals surface area contributed by atoms with Crippen molar-refractivity contribution in [2.75, 3.05) is 0 Å². The summed E-state index contributed by atoms with van der Waals surface area (Å²) in [5, 5.41) is 0. The Morgan fingerprint density at radius 2 is 2.27 bits per heavy atom. The van der Waals surface area contributed by atoms with Crippen LogP contribution in [0, 0.1) is 6.92 Å². The van der Waals surface area contributed by atoms with Gasteiger partial charge in [-0.25, -0.2) is 4.40 Å². The van der Waals surface area contributed by atoms with E-state index in [-0.39, 0.29) is 0 Å². The first-order valence-corrected chi connectivity index (χ1v) is 4.98. The molecule has 3 heteroatoms. The minimum absolute atomic E-state index is 1.28. The van der Waals surface area contributed by atoms with Crippen LogP contribution in [0.15, 0.2) is 32.4 Å². The van der Waals surface area contributed by atoms with Gasteiger partial charge in [-0.3, -0.25) is 0 Å². The van der Waals surface area contributed by atoms with Crippen LogP contribution in [-0.2, 0) is 0 Å². The average molecular weight is 181 g/mol. The van der Waals surface area contributed by atoms with Crippen LogP contribution in [0.3, 0.4) is 0 Å². The van der Waals surface area contributed by atoms with E-state index in [0.29, 0.717) is 0 Å². The normalized spacial score (nSPS) is 14.6. The molecule has 0 saturated heterocycles. The Hall–Kier alpha value is -0.410. The maximum Gasteiger partial charge on any atom is 0.0732 e. The van der Waals surface area contributed by atoms with Gasteiger partial charge in [0, 0.05) is 21.7 Å². The number of rotatable bonds is 0. The topological polar surface area (TPSA) is 12.4 Å². The zero-order chi connectivity index (χ0) is 7.68. The highest BCUT2D eigenvalue weighted by Crippen LogP contribution is 2.36. The Labute approximate surface area is 74.4 Å². The Morgan fingerprint density at radius 1 is 1.36 bits per heavy atom. The van der Waals surface area contributed by atoms with Crippen LogP contribution in [0.25, 0.3) is 0 Å². The van der Waals surface area contributed by atoms with Crippen LogP contribution in [0.4, 0.5) is 0 Å². The third kappa shape index (κ3) is 1.30. The lowest BCUT2D eigenvalue weighted by molar-refractivity contribution is 1.17. The largest absolute Gasteiger partial charge is 0.212 e. The summed E-state index contributed by atoms with van der Waals surface area (Å²) in [6.45, 7) is 2.13. The van der Waals surface area contributed by atoms with Crippen molar-refractivity contribution >= 4 is 29.3 Å². The minimum atomic E-state index is 1.28. The highest BCUT2D eigenvalue weighted by molar-refractivity contribution is 8.14. The Balaban J connectivity index is 2.54. The molecule has 0 saturated carbocycles. The highest BCUT2D eigenvalue weighted by Gasteiger charge is 2.08. The van der Waals surface area contributed by atoms with Crippen molar-refractivity contribution in [3.63, 3.8) is 0 Å². The van der Waals surface area contributed by atoms with Crippen LogP contribution >= 0.6 is 23.7 Å². The molecule has 11 heavy (non-hydrogen) atoms. The van der Waals surface area contributed by atoms with Crippen molar-refractivity contribution in [2.45, 2.75) is 16.7 Å². The molecule has 2 rings (SSSR count). The molecular formula is C8H7NS2. The highest BCUT2D eigenvalue weighted by atomic mass is 32.2. The molecule has 1 nitrogen and oxygen atoms in total. The van der Waals surface area contributed by atoms with E-state index in [1.54, 1.807) is 23.7 Å². The molecule has 0 spiro atoms. The fraction of sp³-hybridized carbons (Fsp3) is 0.125. The summed E-state index contributed by atoms with van der Waals surface area (Å²) in [6.07, 6.45) is 0. The van der Waals surface area contributed by atoms with Gasteiger partial charge in [-0.15, -0.1) is 0 Å². The smallest absolute Gasteiger partial charge is 0.0732 e. The molecule has 1 heterocycles. The first kappa shape index (κ1) is 7.25. The molecule has 0 atom stereocenters. The molecule has 0 amide bonds. The van der Waals surface area contributed by atoms with Gasteiger partial charge in [0.25, 0.3) is 0 Å². The van der Waals surface area contributed by atoms with Gasteiger partial charge in [0.15, 0.2) is 0 Å². The van der Waals surface area contributed by atoms with E-state index in [1.165, 1.54) is 15.4 Å². The van der Waals surface area contributed by atoms with Crippen molar-refractivity contribution in [2.24, 2.45) is 4.40 Å². The van der Waals surface area contributed by atoms with Gasteiger partial charge in [-0.2, -0.15) is 0 Å². The second-order valence-corrected chi connectivity index (χ2v) is 4.01. The zero-order valence-corrected chi connectivity index (χ0v) is 7.71. The molecule has 0 fully saturated rings. The van der Waals surface area contributed by atoms with E-state index in [1.807, 2.05) is 5.55 Å². The lowest BCUT2D eigenvalue weighted by Gasteiger charge is -2.09. The minimum Gasteiger partial charge on any atom is -0.212 e. The van der Waals surface area contributed by atoms with Gasteiger partial charge in [-0.05, 0) is 18.6 Å². The molecule has 0 unspecified atom stereocenters. The van der Waals surface area contributed by atoms with Crippen LogP contribution < -0.4 is 0 Å². The van der Waals surface area contributed by atoms with E-state index in [9.17, 15) is 0 Å². The van der Waals surface area contributed by atoms with Gasteiger partial charge in [0.1, 0.15) is 0 Å². The Kier molecular flexibility index (Phi) is 1.92. The molecule has 0 N–H and O–H groups in total. The summed E-state index contributed by atoms with van der Waals surface area (Å²) in [4.78, 5) is 2.63.